The first-order chi connectivity index (χ1) is 12.8. The van der Waals surface area contributed by atoms with Crippen LogP contribution in [0.15, 0.2) is 53.4 Å². The summed E-state index contributed by atoms with van der Waals surface area (Å²) in [6.45, 7) is 1.91. The summed E-state index contributed by atoms with van der Waals surface area (Å²) in [7, 11) is -3.56. The molecule has 0 radical (unpaired) electrons. The molecule has 0 heterocycles. The Labute approximate surface area is 156 Å². The third-order valence-electron chi connectivity index (χ3n) is 3.41. The van der Waals surface area contributed by atoms with Crippen LogP contribution in [-0.2, 0) is 14.8 Å². The number of sulfonamides is 1. The molecule has 2 N–H and O–H groups in total. The van der Waals surface area contributed by atoms with E-state index in [-0.39, 0.29) is 17.2 Å². The number of anilines is 1. The van der Waals surface area contributed by atoms with E-state index in [1.807, 2.05) is 6.92 Å². The molecule has 0 bridgehead atoms. The number of hydrogen-bond donors (Lipinski definition) is 2. The van der Waals surface area contributed by atoms with Crippen LogP contribution in [0, 0.1) is 10.1 Å². The molecule has 144 valence electrons. The summed E-state index contributed by atoms with van der Waals surface area (Å²) in [5.74, 6) is -0.132. The molecule has 27 heavy (non-hydrogen) atoms. The second-order valence-corrected chi connectivity index (χ2v) is 7.28. The van der Waals surface area contributed by atoms with Gasteiger partial charge in [-0.1, -0.05) is 6.92 Å². The molecule has 0 spiro atoms. The molecule has 0 aromatic heterocycles. The molecule has 0 atom stereocenters. The fraction of sp³-hybridized carbons (Fsp3) is 0.235. The van der Waals surface area contributed by atoms with Crippen LogP contribution in [0.3, 0.4) is 0 Å². The predicted molar refractivity (Wildman–Crippen MR) is 99.1 cm³/mol. The van der Waals surface area contributed by atoms with Gasteiger partial charge in [0.2, 0.25) is 10.0 Å². The van der Waals surface area contributed by atoms with E-state index in [2.05, 4.69) is 10.0 Å². The summed E-state index contributed by atoms with van der Waals surface area (Å²) in [6.07, 6.45) is 0.683. The van der Waals surface area contributed by atoms with Crippen molar-refractivity contribution >= 4 is 27.3 Å². The maximum atomic E-state index is 12.0. The molecule has 2 rings (SSSR count). The molecule has 1 amide bonds. The van der Waals surface area contributed by atoms with Crippen LogP contribution in [0.4, 0.5) is 11.4 Å². The molecule has 0 saturated carbocycles. The van der Waals surface area contributed by atoms with Crippen molar-refractivity contribution in [3.8, 4) is 5.75 Å². The minimum atomic E-state index is -3.56. The number of nitro benzene ring substituents is 1. The van der Waals surface area contributed by atoms with Crippen LogP contribution in [0.1, 0.15) is 13.3 Å². The minimum Gasteiger partial charge on any atom is -0.484 e. The Bertz CT molecular complexity index is 895. The van der Waals surface area contributed by atoms with E-state index < -0.39 is 20.9 Å². The third kappa shape index (κ3) is 6.04. The van der Waals surface area contributed by atoms with Crippen molar-refractivity contribution < 1.29 is 22.9 Å². The van der Waals surface area contributed by atoms with Gasteiger partial charge in [0.15, 0.2) is 6.61 Å². The van der Waals surface area contributed by atoms with Crippen molar-refractivity contribution in [1.29, 1.82) is 0 Å². The van der Waals surface area contributed by atoms with Gasteiger partial charge < -0.3 is 10.1 Å². The molecule has 0 fully saturated rings. The van der Waals surface area contributed by atoms with E-state index in [0.717, 1.165) is 0 Å². The van der Waals surface area contributed by atoms with Crippen LogP contribution in [0.5, 0.6) is 5.75 Å². The van der Waals surface area contributed by atoms with Crippen LogP contribution in [0.25, 0.3) is 0 Å². The van der Waals surface area contributed by atoms with Gasteiger partial charge in [0.25, 0.3) is 11.6 Å². The van der Waals surface area contributed by atoms with Gasteiger partial charge in [-0.2, -0.15) is 0 Å². The monoisotopic (exact) mass is 393 g/mol. The highest BCUT2D eigenvalue weighted by Crippen LogP contribution is 2.17. The molecule has 0 saturated heterocycles. The first-order valence-electron chi connectivity index (χ1n) is 8.08. The number of hydrogen-bond acceptors (Lipinski definition) is 6. The van der Waals surface area contributed by atoms with Crippen LogP contribution in [0.2, 0.25) is 0 Å². The van der Waals surface area contributed by atoms with Crippen LogP contribution in [-0.4, -0.2) is 32.4 Å². The van der Waals surface area contributed by atoms with Gasteiger partial charge in [-0.3, -0.25) is 14.9 Å². The normalized spacial score (nSPS) is 11.0. The number of nitro groups is 1. The summed E-state index contributed by atoms with van der Waals surface area (Å²) in [5, 5.41) is 13.2. The molecule has 10 heteroatoms. The lowest BCUT2D eigenvalue weighted by Gasteiger charge is -2.09. The van der Waals surface area contributed by atoms with Crippen LogP contribution >= 0.6 is 0 Å². The van der Waals surface area contributed by atoms with Crippen molar-refractivity contribution in [2.45, 2.75) is 18.2 Å². The Hall–Kier alpha value is -2.98. The quantitative estimate of drug-likeness (QED) is 0.497. The smallest absolute Gasteiger partial charge is 0.269 e. The predicted octanol–water partition coefficient (Wildman–Crippen LogP) is 2.30. The number of rotatable bonds is 9. The number of carbonyl (C=O) groups is 1. The second kappa shape index (κ2) is 9.10. The molecule has 2 aromatic rings. The highest BCUT2D eigenvalue weighted by atomic mass is 32.2. The maximum Gasteiger partial charge on any atom is 0.269 e. The Morgan fingerprint density at radius 1 is 1.11 bits per heavy atom. The highest BCUT2D eigenvalue weighted by Gasteiger charge is 2.13. The molecule has 2 aromatic carbocycles. The summed E-state index contributed by atoms with van der Waals surface area (Å²) >= 11 is 0. The lowest BCUT2D eigenvalue weighted by atomic mass is 10.3. The average Bonchev–Trinajstić information content (AvgIpc) is 2.65. The topological polar surface area (TPSA) is 128 Å². The first-order valence-corrected chi connectivity index (χ1v) is 9.57. The number of amides is 1. The molecule has 0 aliphatic rings. The molecule has 0 aliphatic carbocycles. The minimum absolute atomic E-state index is 0.0738. The van der Waals surface area contributed by atoms with Gasteiger partial charge in [-0.25, -0.2) is 13.1 Å². The summed E-state index contributed by atoms with van der Waals surface area (Å²) in [6, 6.07) is 11.1. The Morgan fingerprint density at radius 3 is 2.30 bits per heavy atom. The van der Waals surface area contributed by atoms with Gasteiger partial charge in [-0.05, 0) is 42.8 Å². The first kappa shape index (κ1) is 20.3. The summed E-state index contributed by atoms with van der Waals surface area (Å²) in [4.78, 5) is 22.1. The Morgan fingerprint density at radius 2 is 1.74 bits per heavy atom. The van der Waals surface area contributed by atoms with Crippen molar-refractivity contribution in [3.05, 3.63) is 58.6 Å². The zero-order valence-corrected chi connectivity index (χ0v) is 15.4. The van der Waals surface area contributed by atoms with E-state index in [4.69, 9.17) is 4.74 Å². The zero-order valence-electron chi connectivity index (χ0n) is 14.5. The van der Waals surface area contributed by atoms with Crippen molar-refractivity contribution in [2.24, 2.45) is 0 Å². The SMILES string of the molecule is CCCNS(=O)(=O)c1ccc(NC(=O)COc2ccc([N+](=O)[O-])cc2)cc1. The van der Waals surface area contributed by atoms with Crippen molar-refractivity contribution in [2.75, 3.05) is 18.5 Å². The average molecular weight is 393 g/mol. The highest BCUT2D eigenvalue weighted by molar-refractivity contribution is 7.89. The number of ether oxygens (including phenoxy) is 1. The number of nitrogens with one attached hydrogen (secondary N) is 2. The lowest BCUT2D eigenvalue weighted by molar-refractivity contribution is -0.384. The van der Waals surface area contributed by atoms with Gasteiger partial charge in [0.1, 0.15) is 5.75 Å². The molecular weight excluding hydrogens is 374 g/mol. The van der Waals surface area contributed by atoms with E-state index in [9.17, 15) is 23.3 Å². The molecule has 0 unspecified atom stereocenters. The fourth-order valence-corrected chi connectivity index (χ4v) is 3.18. The zero-order chi connectivity index (χ0) is 19.9. The van der Waals surface area contributed by atoms with Crippen molar-refractivity contribution in [1.82, 2.24) is 4.72 Å². The summed E-state index contributed by atoms with van der Waals surface area (Å²) in [5.41, 5.74) is 0.344. The summed E-state index contributed by atoms with van der Waals surface area (Å²) < 4.78 is 31.7. The number of carbonyl (C=O) groups excluding carboxylic acids is 1. The van der Waals surface area contributed by atoms with Gasteiger partial charge in [0, 0.05) is 24.4 Å². The van der Waals surface area contributed by atoms with E-state index in [1.165, 1.54) is 48.5 Å². The van der Waals surface area contributed by atoms with E-state index in [1.54, 1.807) is 0 Å². The van der Waals surface area contributed by atoms with E-state index >= 15 is 0 Å². The van der Waals surface area contributed by atoms with Crippen molar-refractivity contribution in [3.63, 3.8) is 0 Å². The standard InChI is InChI=1S/C17H19N3O6S/c1-2-11-18-27(24,25)16-9-3-13(4-10-16)19-17(21)12-26-15-7-5-14(6-8-15)20(22)23/h3-10,18H,2,11-12H2,1H3,(H,19,21). The lowest BCUT2D eigenvalue weighted by Crippen LogP contribution is -2.24. The molecular formula is C17H19N3O6S. The van der Waals surface area contributed by atoms with Gasteiger partial charge >= 0.3 is 0 Å². The molecule has 9 nitrogen and oxygen atoms in total. The fourth-order valence-electron chi connectivity index (χ4n) is 2.05. The third-order valence-corrected chi connectivity index (χ3v) is 4.88. The van der Waals surface area contributed by atoms with Gasteiger partial charge in [0.05, 0.1) is 9.82 Å². The maximum absolute atomic E-state index is 12.0. The Kier molecular flexibility index (Phi) is 6.85. The van der Waals surface area contributed by atoms with Crippen LogP contribution < -0.4 is 14.8 Å². The van der Waals surface area contributed by atoms with E-state index in [0.29, 0.717) is 24.4 Å². The number of benzene rings is 2. The molecule has 0 aliphatic heterocycles. The van der Waals surface area contributed by atoms with Gasteiger partial charge in [-0.15, -0.1) is 0 Å². The number of non-ortho nitro benzene ring substituents is 1. The Balaban J connectivity index is 1.89. The second-order valence-electron chi connectivity index (χ2n) is 5.51. The largest absolute Gasteiger partial charge is 0.484 e. The number of nitrogens with zero attached hydrogens (tertiary/aromatic N) is 1.